The van der Waals surface area contributed by atoms with E-state index in [1.807, 2.05) is 0 Å². The number of alkyl halides is 2. The van der Waals surface area contributed by atoms with Crippen LogP contribution in [0, 0.1) is 5.92 Å². The first-order valence-corrected chi connectivity index (χ1v) is 6.91. The van der Waals surface area contributed by atoms with Crippen LogP contribution >= 0.6 is 11.3 Å². The molecule has 20 heavy (non-hydrogen) atoms. The third-order valence-corrected chi connectivity index (χ3v) is 4.54. The topological polar surface area (TPSA) is 53.4 Å². The summed E-state index contributed by atoms with van der Waals surface area (Å²) in [6, 6.07) is 3.28. The lowest BCUT2D eigenvalue weighted by molar-refractivity contribution is 0.0702. The lowest BCUT2D eigenvalue weighted by atomic mass is 10.2. The highest BCUT2D eigenvalue weighted by Gasteiger charge is 2.57. The fourth-order valence-electron chi connectivity index (χ4n) is 2.24. The summed E-state index contributed by atoms with van der Waals surface area (Å²) >= 11 is 1.16. The van der Waals surface area contributed by atoms with Crippen LogP contribution in [0.3, 0.4) is 0 Å². The van der Waals surface area contributed by atoms with Crippen molar-refractivity contribution in [3.05, 3.63) is 23.2 Å². The van der Waals surface area contributed by atoms with E-state index in [2.05, 4.69) is 4.98 Å². The van der Waals surface area contributed by atoms with Crippen LogP contribution in [-0.4, -0.2) is 35.6 Å². The van der Waals surface area contributed by atoms with Crippen molar-refractivity contribution >= 4 is 33.2 Å². The van der Waals surface area contributed by atoms with E-state index in [1.54, 1.807) is 30.3 Å². The lowest BCUT2D eigenvalue weighted by Crippen LogP contribution is -2.23. The molecule has 7 heteroatoms. The predicted octanol–water partition coefficient (Wildman–Crippen LogP) is 3.09. The number of nitrogens with zero attached hydrogens (tertiary/aromatic N) is 2. The minimum absolute atomic E-state index is 0.0860. The Bertz CT molecular complexity index is 686. The Morgan fingerprint density at radius 3 is 2.95 bits per heavy atom. The highest BCUT2D eigenvalue weighted by Crippen LogP contribution is 2.49. The summed E-state index contributed by atoms with van der Waals surface area (Å²) in [6.45, 7) is 0.220. The molecule has 2 heterocycles. The molecule has 0 radical (unpaired) electrons. The van der Waals surface area contributed by atoms with Gasteiger partial charge >= 0.3 is 5.97 Å². The van der Waals surface area contributed by atoms with Crippen LogP contribution in [0.15, 0.2) is 18.3 Å². The molecule has 4 nitrogen and oxygen atoms in total. The van der Waals surface area contributed by atoms with Gasteiger partial charge in [0.15, 0.2) is 0 Å². The van der Waals surface area contributed by atoms with E-state index in [9.17, 15) is 13.6 Å². The molecule has 0 bridgehead atoms. The number of carboxylic acid groups (broad SMARTS) is 1. The maximum atomic E-state index is 13.0. The van der Waals surface area contributed by atoms with Gasteiger partial charge in [-0.2, -0.15) is 0 Å². The quantitative estimate of drug-likeness (QED) is 0.942. The van der Waals surface area contributed by atoms with Gasteiger partial charge in [-0.1, -0.05) is 0 Å². The average molecular weight is 298 g/mol. The minimum atomic E-state index is -2.57. The molecule has 1 saturated carbocycles. The van der Waals surface area contributed by atoms with Gasteiger partial charge in [0.05, 0.1) is 0 Å². The predicted molar refractivity (Wildman–Crippen MR) is 72.9 cm³/mol. The van der Waals surface area contributed by atoms with E-state index in [-0.39, 0.29) is 17.8 Å². The zero-order valence-electron chi connectivity index (χ0n) is 10.6. The molecule has 1 fully saturated rings. The number of carboxylic acids is 1. The monoisotopic (exact) mass is 298 g/mol. The third-order valence-electron chi connectivity index (χ3n) is 3.45. The van der Waals surface area contributed by atoms with Crippen molar-refractivity contribution in [2.24, 2.45) is 5.92 Å². The van der Waals surface area contributed by atoms with Crippen molar-refractivity contribution in [1.82, 2.24) is 4.98 Å². The maximum Gasteiger partial charge on any atom is 0.345 e. The molecule has 0 aromatic carbocycles. The number of hydrogen-bond acceptors (Lipinski definition) is 4. The van der Waals surface area contributed by atoms with Crippen molar-refractivity contribution in [1.29, 1.82) is 0 Å². The number of halogens is 2. The first-order valence-electron chi connectivity index (χ1n) is 6.09. The summed E-state index contributed by atoms with van der Waals surface area (Å²) in [5.74, 6) is -3.65. The van der Waals surface area contributed by atoms with E-state index < -0.39 is 17.8 Å². The maximum absolute atomic E-state index is 13.0. The van der Waals surface area contributed by atoms with Crippen molar-refractivity contribution in [2.75, 3.05) is 18.5 Å². The summed E-state index contributed by atoms with van der Waals surface area (Å²) in [5, 5.41) is 9.71. The second kappa shape index (κ2) is 4.37. The van der Waals surface area contributed by atoms with E-state index in [4.69, 9.17) is 5.11 Å². The van der Waals surface area contributed by atoms with E-state index in [0.717, 1.165) is 16.0 Å². The molecule has 0 spiro atoms. The number of anilines is 1. The summed E-state index contributed by atoms with van der Waals surface area (Å²) in [6.07, 6.45) is 1.48. The molecular weight excluding hydrogens is 286 g/mol. The van der Waals surface area contributed by atoms with Gasteiger partial charge in [0.1, 0.15) is 10.7 Å². The number of hydrogen-bond donors (Lipinski definition) is 1. The van der Waals surface area contributed by atoms with Crippen LogP contribution < -0.4 is 4.90 Å². The van der Waals surface area contributed by atoms with Crippen LogP contribution in [0.4, 0.5) is 14.6 Å². The van der Waals surface area contributed by atoms with Crippen molar-refractivity contribution in [3.8, 4) is 0 Å². The lowest BCUT2D eigenvalue weighted by Gasteiger charge is -2.18. The van der Waals surface area contributed by atoms with Gasteiger partial charge in [-0.15, -0.1) is 11.3 Å². The Labute approximate surface area is 117 Å². The van der Waals surface area contributed by atoms with E-state index >= 15 is 0 Å². The van der Waals surface area contributed by atoms with Gasteiger partial charge in [-0.3, -0.25) is 0 Å². The van der Waals surface area contributed by atoms with Crippen LogP contribution in [-0.2, 0) is 0 Å². The summed E-state index contributed by atoms with van der Waals surface area (Å²) in [5.41, 5.74) is 0. The van der Waals surface area contributed by atoms with Crippen LogP contribution in [0.1, 0.15) is 16.1 Å². The molecule has 1 N–H and O–H groups in total. The molecule has 2 aromatic rings. The number of rotatable bonds is 4. The Kier molecular flexibility index (Phi) is 2.89. The number of aromatic nitrogens is 1. The highest BCUT2D eigenvalue weighted by atomic mass is 32.1. The first kappa shape index (κ1) is 13.2. The van der Waals surface area contributed by atoms with Crippen molar-refractivity contribution in [2.45, 2.75) is 12.3 Å². The van der Waals surface area contributed by atoms with Gasteiger partial charge in [0.25, 0.3) is 5.92 Å². The van der Waals surface area contributed by atoms with Crippen LogP contribution in [0.2, 0.25) is 0 Å². The molecule has 0 amide bonds. The Hall–Kier alpha value is -1.76. The van der Waals surface area contributed by atoms with Gasteiger partial charge in [-0.25, -0.2) is 18.6 Å². The zero-order valence-corrected chi connectivity index (χ0v) is 11.5. The average Bonchev–Trinajstić information content (AvgIpc) is 2.81. The molecule has 1 unspecified atom stereocenters. The molecule has 3 rings (SSSR count). The van der Waals surface area contributed by atoms with Crippen molar-refractivity contribution in [3.63, 3.8) is 0 Å². The third kappa shape index (κ3) is 2.22. The van der Waals surface area contributed by atoms with Crippen LogP contribution in [0.5, 0.6) is 0 Å². The number of aromatic carboxylic acids is 1. The van der Waals surface area contributed by atoms with Crippen LogP contribution in [0.25, 0.3) is 10.1 Å². The number of pyridine rings is 1. The molecule has 1 atom stereocenters. The SMILES string of the molecule is CN(CC1CC1(F)F)c1nccc2sc(C(=O)O)cc12. The second-order valence-electron chi connectivity index (χ2n) is 5.00. The fourth-order valence-corrected chi connectivity index (χ4v) is 3.13. The number of fused-ring (bicyclic) bond motifs is 1. The zero-order chi connectivity index (χ0) is 14.5. The first-order chi connectivity index (χ1) is 9.38. The summed E-state index contributed by atoms with van der Waals surface area (Å²) in [7, 11) is 1.70. The standard InChI is InChI=1S/C13H12F2N2O2S/c1-17(6-7-5-13(7,14)15)11-8-4-10(12(18)19)20-9(8)2-3-16-11/h2-4,7H,5-6H2,1H3,(H,18,19). The molecule has 106 valence electrons. The van der Waals surface area contributed by atoms with Gasteiger partial charge < -0.3 is 10.0 Å². The fraction of sp³-hybridized carbons (Fsp3) is 0.385. The van der Waals surface area contributed by atoms with Crippen molar-refractivity contribution < 1.29 is 18.7 Å². The highest BCUT2D eigenvalue weighted by molar-refractivity contribution is 7.20. The Balaban J connectivity index is 1.92. The normalized spacial score (nSPS) is 20.1. The molecular formula is C13H12F2N2O2S. The molecule has 0 saturated heterocycles. The second-order valence-corrected chi connectivity index (χ2v) is 6.09. The number of carbonyl (C=O) groups is 1. The number of thiophene rings is 1. The van der Waals surface area contributed by atoms with Gasteiger partial charge in [0.2, 0.25) is 0 Å². The summed E-state index contributed by atoms with van der Waals surface area (Å²) < 4.78 is 26.7. The smallest absolute Gasteiger partial charge is 0.345 e. The Morgan fingerprint density at radius 2 is 2.35 bits per heavy atom. The Morgan fingerprint density at radius 1 is 1.65 bits per heavy atom. The molecule has 0 aliphatic heterocycles. The molecule has 1 aliphatic carbocycles. The molecule has 2 aromatic heterocycles. The minimum Gasteiger partial charge on any atom is -0.477 e. The van der Waals surface area contributed by atoms with E-state index in [0.29, 0.717) is 11.2 Å². The largest absolute Gasteiger partial charge is 0.477 e. The van der Waals surface area contributed by atoms with Gasteiger partial charge in [0, 0.05) is 42.2 Å². The molecule has 1 aliphatic rings. The van der Waals surface area contributed by atoms with Gasteiger partial charge in [-0.05, 0) is 12.1 Å². The summed E-state index contributed by atoms with van der Waals surface area (Å²) in [4.78, 5) is 17.1. The van der Waals surface area contributed by atoms with E-state index in [1.165, 1.54) is 0 Å².